The first kappa shape index (κ1) is 59.2. The van der Waals surface area contributed by atoms with E-state index in [1.807, 2.05) is 21.1 Å². The molecular formula is C53H91N2O6P. The van der Waals surface area contributed by atoms with E-state index in [4.69, 9.17) is 9.05 Å². The Bertz CT molecular complexity index is 1370. The van der Waals surface area contributed by atoms with Crippen LogP contribution in [0.4, 0.5) is 0 Å². The maximum Gasteiger partial charge on any atom is 0.268 e. The van der Waals surface area contributed by atoms with Crippen LogP contribution in [0, 0.1) is 0 Å². The summed E-state index contributed by atoms with van der Waals surface area (Å²) in [5.41, 5.74) is 0. The van der Waals surface area contributed by atoms with E-state index in [2.05, 4.69) is 129 Å². The Hall–Kier alpha value is -2.84. The van der Waals surface area contributed by atoms with Crippen LogP contribution in [0.1, 0.15) is 168 Å². The van der Waals surface area contributed by atoms with Gasteiger partial charge in [-0.2, -0.15) is 0 Å². The van der Waals surface area contributed by atoms with Crippen molar-refractivity contribution in [1.82, 2.24) is 5.32 Å². The molecule has 3 atom stereocenters. The van der Waals surface area contributed by atoms with E-state index in [1.165, 1.54) is 25.7 Å². The molecule has 0 aliphatic rings. The molecule has 0 fully saturated rings. The first-order valence-electron chi connectivity index (χ1n) is 24.2. The molecule has 2 N–H and O–H groups in total. The van der Waals surface area contributed by atoms with Gasteiger partial charge in [-0.25, -0.2) is 0 Å². The number of aliphatic hydroxyl groups is 1. The molecule has 0 aliphatic heterocycles. The number of likely N-dealkylation sites (N-methyl/N-ethyl adjacent to an activating group) is 1. The van der Waals surface area contributed by atoms with Crippen LogP contribution in [0.25, 0.3) is 0 Å². The summed E-state index contributed by atoms with van der Waals surface area (Å²) >= 11 is 0. The van der Waals surface area contributed by atoms with Crippen molar-refractivity contribution >= 4 is 13.7 Å². The van der Waals surface area contributed by atoms with Crippen LogP contribution in [0.2, 0.25) is 0 Å². The second-order valence-electron chi connectivity index (χ2n) is 17.1. The lowest BCUT2D eigenvalue weighted by molar-refractivity contribution is -0.870. The van der Waals surface area contributed by atoms with E-state index < -0.39 is 20.0 Å². The smallest absolute Gasteiger partial charge is 0.268 e. The lowest BCUT2D eigenvalue weighted by Crippen LogP contribution is -2.46. The highest BCUT2D eigenvalue weighted by Crippen LogP contribution is 2.38. The van der Waals surface area contributed by atoms with Crippen molar-refractivity contribution in [2.75, 3.05) is 40.9 Å². The average Bonchev–Trinajstić information content (AvgIpc) is 3.23. The monoisotopic (exact) mass is 883 g/mol. The zero-order valence-corrected chi connectivity index (χ0v) is 40.9. The Morgan fingerprint density at radius 2 is 0.984 bits per heavy atom. The molecule has 1 amide bonds. The number of rotatable bonds is 42. The Kier molecular flexibility index (Phi) is 41.4. The minimum Gasteiger partial charge on any atom is -0.756 e. The average molecular weight is 883 g/mol. The summed E-state index contributed by atoms with van der Waals surface area (Å²) in [5.74, 6) is -0.194. The van der Waals surface area contributed by atoms with E-state index in [-0.39, 0.29) is 19.1 Å². The van der Waals surface area contributed by atoms with Gasteiger partial charge >= 0.3 is 0 Å². The largest absolute Gasteiger partial charge is 0.756 e. The van der Waals surface area contributed by atoms with Crippen LogP contribution in [0.5, 0.6) is 0 Å². The van der Waals surface area contributed by atoms with Gasteiger partial charge in [0.25, 0.3) is 7.82 Å². The minimum absolute atomic E-state index is 0.00125. The quantitative estimate of drug-likeness (QED) is 0.0274. The van der Waals surface area contributed by atoms with Crippen molar-refractivity contribution < 1.29 is 32.9 Å². The molecule has 0 aromatic rings. The standard InChI is InChI=1S/C53H91N2O6P/c1-6-8-10-12-14-15-16-17-18-19-20-21-22-23-24-25-26-27-28-29-30-31-32-33-34-35-36-37-38-39-41-43-45-47-53(57)54-51(52(56)46-44-42-40-13-11-9-7-2)50-61-62(58,59)60-49-48-55(3,4)5/h8,10,14-15,17-18,20-21,23-24,26-27,29-30,32-33,35-36,51-52,56H,6-7,9,11-13,16,19,22,25,28,31,34,37-50H2,1-5H3,(H-,54,57,58,59)/b10-8-,15-14-,18-17-,21-20-,24-23-,27-26-,30-29-,33-32-,36-35-. The van der Waals surface area contributed by atoms with Gasteiger partial charge < -0.3 is 28.8 Å². The molecule has 0 radical (unpaired) electrons. The van der Waals surface area contributed by atoms with Crippen molar-refractivity contribution in [3.05, 3.63) is 109 Å². The van der Waals surface area contributed by atoms with Gasteiger partial charge in [-0.15, -0.1) is 0 Å². The Morgan fingerprint density at radius 1 is 0.581 bits per heavy atom. The number of carbonyl (C=O) groups is 1. The normalized spacial score (nSPS) is 15.1. The number of phosphoric acid groups is 1. The van der Waals surface area contributed by atoms with E-state index >= 15 is 0 Å². The van der Waals surface area contributed by atoms with E-state index in [0.29, 0.717) is 23.9 Å². The second-order valence-corrected chi connectivity index (χ2v) is 18.5. The number of phosphoric ester groups is 1. The summed E-state index contributed by atoms with van der Waals surface area (Å²) in [5, 5.41) is 13.8. The summed E-state index contributed by atoms with van der Waals surface area (Å²) in [7, 11) is 1.27. The summed E-state index contributed by atoms with van der Waals surface area (Å²) in [6, 6.07) is -0.816. The number of hydrogen-bond acceptors (Lipinski definition) is 6. The highest BCUT2D eigenvalue weighted by Gasteiger charge is 2.24. The number of amides is 1. The zero-order chi connectivity index (χ0) is 45.7. The van der Waals surface area contributed by atoms with Gasteiger partial charge in [0, 0.05) is 6.42 Å². The van der Waals surface area contributed by atoms with Crippen LogP contribution in [0.3, 0.4) is 0 Å². The molecule has 0 saturated heterocycles. The molecule has 0 rings (SSSR count). The molecule has 0 aliphatic carbocycles. The van der Waals surface area contributed by atoms with Crippen LogP contribution in [-0.4, -0.2) is 68.5 Å². The summed E-state index contributed by atoms with van der Waals surface area (Å²) in [6.45, 7) is 4.50. The molecule has 0 bridgehead atoms. The topological polar surface area (TPSA) is 108 Å². The molecule has 0 aromatic carbocycles. The molecule has 3 unspecified atom stereocenters. The van der Waals surface area contributed by atoms with Gasteiger partial charge in [-0.1, -0.05) is 187 Å². The zero-order valence-electron chi connectivity index (χ0n) is 40.0. The summed E-state index contributed by atoms with van der Waals surface area (Å²) < 4.78 is 23.1. The molecule has 8 nitrogen and oxygen atoms in total. The lowest BCUT2D eigenvalue weighted by atomic mass is 10.0. The van der Waals surface area contributed by atoms with Gasteiger partial charge in [0.05, 0.1) is 39.9 Å². The lowest BCUT2D eigenvalue weighted by Gasteiger charge is -2.30. The molecular weight excluding hydrogens is 792 g/mol. The number of allylic oxidation sites excluding steroid dienone is 18. The number of nitrogens with zero attached hydrogens (tertiary/aromatic N) is 1. The fourth-order valence-electron chi connectivity index (χ4n) is 6.21. The Balaban J connectivity index is 4.14. The molecule has 9 heteroatoms. The van der Waals surface area contributed by atoms with Crippen molar-refractivity contribution in [1.29, 1.82) is 0 Å². The van der Waals surface area contributed by atoms with Gasteiger partial charge in [0.2, 0.25) is 5.91 Å². The van der Waals surface area contributed by atoms with Crippen molar-refractivity contribution in [3.63, 3.8) is 0 Å². The third-order valence-corrected chi connectivity index (χ3v) is 11.0. The molecule has 354 valence electrons. The van der Waals surface area contributed by atoms with Crippen LogP contribution in [0.15, 0.2) is 109 Å². The second kappa shape index (κ2) is 43.4. The highest BCUT2D eigenvalue weighted by molar-refractivity contribution is 7.45. The van der Waals surface area contributed by atoms with E-state index in [0.717, 1.165) is 116 Å². The van der Waals surface area contributed by atoms with Gasteiger partial charge in [0.15, 0.2) is 0 Å². The maximum atomic E-state index is 12.8. The molecule has 62 heavy (non-hydrogen) atoms. The molecule has 0 saturated carbocycles. The number of nitrogens with one attached hydrogen (secondary N) is 1. The van der Waals surface area contributed by atoms with Gasteiger partial charge in [-0.05, 0) is 83.5 Å². The fraction of sp³-hybridized carbons (Fsp3) is 0.642. The number of hydrogen-bond donors (Lipinski definition) is 2. The highest BCUT2D eigenvalue weighted by atomic mass is 31.2. The van der Waals surface area contributed by atoms with Crippen molar-refractivity contribution in [2.45, 2.75) is 180 Å². The van der Waals surface area contributed by atoms with Crippen molar-refractivity contribution in [2.24, 2.45) is 0 Å². The molecule has 0 heterocycles. The van der Waals surface area contributed by atoms with Crippen LogP contribution in [-0.2, 0) is 18.4 Å². The maximum absolute atomic E-state index is 12.8. The predicted molar refractivity (Wildman–Crippen MR) is 265 cm³/mol. The number of aliphatic hydroxyl groups excluding tert-OH is 1. The van der Waals surface area contributed by atoms with Crippen molar-refractivity contribution in [3.8, 4) is 0 Å². The first-order chi connectivity index (χ1) is 30.0. The summed E-state index contributed by atoms with van der Waals surface area (Å²) in [6.07, 6.45) is 62.7. The Labute approximate surface area is 381 Å². The summed E-state index contributed by atoms with van der Waals surface area (Å²) in [4.78, 5) is 25.2. The number of unbranched alkanes of at least 4 members (excludes halogenated alkanes) is 11. The molecule has 0 aromatic heterocycles. The SMILES string of the molecule is CC/C=C\C/C=C\C/C=C\C/C=C\C/C=C\C/C=C\C/C=C\C/C=C\C/C=C\CCCCCCCC(=O)NC(COP(=O)([O-])OCC[N+](C)(C)C)C(O)CCCCCCCCC. The number of carbonyl (C=O) groups excluding carboxylic acids is 1. The number of quaternary nitrogens is 1. The third-order valence-electron chi connectivity index (χ3n) is 10.0. The van der Waals surface area contributed by atoms with E-state index in [1.54, 1.807) is 0 Å². The Morgan fingerprint density at radius 3 is 1.44 bits per heavy atom. The van der Waals surface area contributed by atoms with Crippen LogP contribution >= 0.6 is 7.82 Å². The van der Waals surface area contributed by atoms with E-state index in [9.17, 15) is 19.4 Å². The third kappa shape index (κ3) is 45.2. The van der Waals surface area contributed by atoms with Crippen LogP contribution < -0.4 is 10.2 Å². The molecule has 0 spiro atoms. The van der Waals surface area contributed by atoms with Gasteiger partial charge in [0.1, 0.15) is 13.2 Å². The predicted octanol–water partition coefficient (Wildman–Crippen LogP) is 13.4. The minimum atomic E-state index is -4.57. The first-order valence-corrected chi connectivity index (χ1v) is 25.7. The fourth-order valence-corrected chi connectivity index (χ4v) is 6.93. The van der Waals surface area contributed by atoms with Gasteiger partial charge in [-0.3, -0.25) is 9.36 Å².